The van der Waals surface area contributed by atoms with Gasteiger partial charge in [0.2, 0.25) is 0 Å². The Labute approximate surface area is 154 Å². The first-order valence-corrected chi connectivity index (χ1v) is 8.19. The van der Waals surface area contributed by atoms with Gasteiger partial charge in [0.15, 0.2) is 0 Å². The Balaban J connectivity index is 1.85. The lowest BCUT2D eigenvalue weighted by Gasteiger charge is -2.18. The van der Waals surface area contributed by atoms with Crippen molar-refractivity contribution in [3.8, 4) is 5.69 Å². The first kappa shape index (κ1) is 18.6. The van der Waals surface area contributed by atoms with E-state index in [2.05, 4.69) is 5.32 Å². The highest BCUT2D eigenvalue weighted by Gasteiger charge is 2.34. The number of carbonyl (C=O) groups excluding carboxylic acids is 1. The number of aromatic nitrogens is 1. The minimum atomic E-state index is -4.58. The molecule has 0 unspecified atom stereocenters. The Kier molecular flexibility index (Phi) is 4.94. The zero-order valence-corrected chi connectivity index (χ0v) is 14.8. The van der Waals surface area contributed by atoms with Gasteiger partial charge in [0, 0.05) is 43.4 Å². The zero-order chi connectivity index (χ0) is 19.6. The summed E-state index contributed by atoms with van der Waals surface area (Å²) in [6.45, 7) is 0. The number of nitrogens with zero attached hydrogens (tertiary/aromatic N) is 2. The minimum absolute atomic E-state index is 0.271. The van der Waals surface area contributed by atoms with E-state index in [1.54, 1.807) is 43.3 Å². The van der Waals surface area contributed by atoms with Crippen LogP contribution in [0.1, 0.15) is 15.9 Å². The molecule has 0 saturated carbocycles. The van der Waals surface area contributed by atoms with E-state index in [0.29, 0.717) is 5.69 Å². The average Bonchev–Trinajstić information content (AvgIpc) is 3.15. The second kappa shape index (κ2) is 7.19. The Morgan fingerprint density at radius 3 is 2.19 bits per heavy atom. The summed E-state index contributed by atoms with van der Waals surface area (Å²) in [4.78, 5) is 14.0. The number of benzene rings is 2. The van der Waals surface area contributed by atoms with Crippen LogP contribution in [0.15, 0.2) is 67.0 Å². The number of halogens is 3. The van der Waals surface area contributed by atoms with Crippen LogP contribution in [0.4, 0.5) is 24.5 Å². The van der Waals surface area contributed by atoms with Crippen molar-refractivity contribution < 1.29 is 18.0 Å². The molecular formula is C20H18F3N3O. The largest absolute Gasteiger partial charge is 0.418 e. The SMILES string of the molecule is CN(C)c1ccc(NC(=O)c2ccc(-n3cccc3)cc2)c(C(F)(F)F)c1. The summed E-state index contributed by atoms with van der Waals surface area (Å²) in [5.74, 6) is -0.600. The van der Waals surface area contributed by atoms with E-state index in [1.165, 1.54) is 12.1 Å². The Hall–Kier alpha value is -3.22. The van der Waals surface area contributed by atoms with Crippen LogP contribution in [0.2, 0.25) is 0 Å². The minimum Gasteiger partial charge on any atom is -0.378 e. The maximum Gasteiger partial charge on any atom is 0.418 e. The van der Waals surface area contributed by atoms with Gasteiger partial charge >= 0.3 is 6.18 Å². The van der Waals surface area contributed by atoms with Gasteiger partial charge in [-0.15, -0.1) is 0 Å². The van der Waals surface area contributed by atoms with Gasteiger partial charge in [-0.3, -0.25) is 4.79 Å². The number of rotatable bonds is 4. The van der Waals surface area contributed by atoms with Gasteiger partial charge < -0.3 is 14.8 Å². The van der Waals surface area contributed by atoms with Crippen LogP contribution >= 0.6 is 0 Å². The van der Waals surface area contributed by atoms with Gasteiger partial charge in [0.25, 0.3) is 5.91 Å². The molecule has 1 amide bonds. The van der Waals surface area contributed by atoms with Crippen molar-refractivity contribution in [2.45, 2.75) is 6.18 Å². The van der Waals surface area contributed by atoms with Crippen molar-refractivity contribution in [1.29, 1.82) is 0 Å². The van der Waals surface area contributed by atoms with Crippen molar-refractivity contribution in [1.82, 2.24) is 4.57 Å². The molecule has 0 bridgehead atoms. The highest BCUT2D eigenvalue weighted by Crippen LogP contribution is 2.37. The third kappa shape index (κ3) is 4.13. The Bertz CT molecular complexity index is 930. The molecular weight excluding hydrogens is 355 g/mol. The average molecular weight is 373 g/mol. The van der Waals surface area contributed by atoms with Crippen LogP contribution in [0.3, 0.4) is 0 Å². The molecule has 0 aliphatic heterocycles. The van der Waals surface area contributed by atoms with Gasteiger partial charge in [-0.25, -0.2) is 0 Å². The molecule has 0 aliphatic carbocycles. The van der Waals surface area contributed by atoms with Crippen LogP contribution in [0.25, 0.3) is 5.69 Å². The van der Waals surface area contributed by atoms with E-state index in [-0.39, 0.29) is 11.3 Å². The van der Waals surface area contributed by atoms with Gasteiger partial charge in [-0.05, 0) is 54.6 Å². The number of alkyl halides is 3. The molecule has 140 valence electrons. The quantitative estimate of drug-likeness (QED) is 0.712. The fourth-order valence-corrected chi connectivity index (χ4v) is 2.64. The van der Waals surface area contributed by atoms with E-state index >= 15 is 0 Å². The predicted molar refractivity (Wildman–Crippen MR) is 99.5 cm³/mol. The molecule has 0 fully saturated rings. The third-order valence-corrected chi connectivity index (χ3v) is 4.11. The lowest BCUT2D eigenvalue weighted by Crippen LogP contribution is -2.18. The fourth-order valence-electron chi connectivity index (χ4n) is 2.64. The summed E-state index contributed by atoms with van der Waals surface area (Å²) in [6, 6.07) is 14.2. The summed E-state index contributed by atoms with van der Waals surface area (Å²) in [7, 11) is 3.31. The highest BCUT2D eigenvalue weighted by atomic mass is 19.4. The monoisotopic (exact) mass is 373 g/mol. The number of hydrogen-bond donors (Lipinski definition) is 1. The Morgan fingerprint density at radius 1 is 1.00 bits per heavy atom. The van der Waals surface area contributed by atoms with Gasteiger partial charge in [0.05, 0.1) is 11.3 Å². The van der Waals surface area contributed by atoms with Crippen LogP contribution < -0.4 is 10.2 Å². The van der Waals surface area contributed by atoms with E-state index in [1.807, 2.05) is 29.1 Å². The van der Waals surface area contributed by atoms with Crippen molar-refractivity contribution in [3.63, 3.8) is 0 Å². The predicted octanol–water partition coefficient (Wildman–Crippen LogP) is 4.81. The smallest absolute Gasteiger partial charge is 0.378 e. The van der Waals surface area contributed by atoms with Gasteiger partial charge in [-0.2, -0.15) is 13.2 Å². The molecule has 0 aliphatic rings. The van der Waals surface area contributed by atoms with Crippen molar-refractivity contribution >= 4 is 17.3 Å². The lowest BCUT2D eigenvalue weighted by molar-refractivity contribution is -0.136. The fraction of sp³-hybridized carbons (Fsp3) is 0.150. The molecule has 3 aromatic rings. The van der Waals surface area contributed by atoms with Crippen LogP contribution in [-0.2, 0) is 6.18 Å². The molecule has 2 aromatic carbocycles. The maximum atomic E-state index is 13.4. The third-order valence-electron chi connectivity index (χ3n) is 4.11. The second-order valence-corrected chi connectivity index (χ2v) is 6.21. The molecule has 3 rings (SSSR count). The molecule has 1 aromatic heterocycles. The van der Waals surface area contributed by atoms with Gasteiger partial charge in [0.1, 0.15) is 0 Å². The zero-order valence-electron chi connectivity index (χ0n) is 14.8. The highest BCUT2D eigenvalue weighted by molar-refractivity contribution is 6.04. The van der Waals surface area contributed by atoms with E-state index < -0.39 is 17.6 Å². The first-order valence-electron chi connectivity index (χ1n) is 8.19. The number of amides is 1. The topological polar surface area (TPSA) is 37.3 Å². The summed E-state index contributed by atoms with van der Waals surface area (Å²) in [5.41, 5.74) is 0.369. The molecule has 1 heterocycles. The number of carbonyl (C=O) groups is 1. The molecule has 0 radical (unpaired) electrons. The van der Waals surface area contributed by atoms with Crippen LogP contribution in [0.5, 0.6) is 0 Å². The van der Waals surface area contributed by atoms with Crippen LogP contribution in [-0.4, -0.2) is 24.6 Å². The standard InChI is InChI=1S/C20H18F3N3O/c1-25(2)16-9-10-18(17(13-16)20(21,22)23)24-19(27)14-5-7-15(8-6-14)26-11-3-4-12-26/h3-13H,1-2H3,(H,24,27). The summed E-state index contributed by atoms with van der Waals surface area (Å²) >= 11 is 0. The Morgan fingerprint density at radius 2 is 1.63 bits per heavy atom. The maximum absolute atomic E-state index is 13.4. The molecule has 4 nitrogen and oxygen atoms in total. The second-order valence-electron chi connectivity index (χ2n) is 6.21. The van der Waals surface area contributed by atoms with E-state index in [4.69, 9.17) is 0 Å². The molecule has 0 atom stereocenters. The molecule has 27 heavy (non-hydrogen) atoms. The van der Waals surface area contributed by atoms with Crippen molar-refractivity contribution in [2.24, 2.45) is 0 Å². The number of nitrogens with one attached hydrogen (secondary N) is 1. The normalized spacial score (nSPS) is 11.3. The van der Waals surface area contributed by atoms with E-state index in [9.17, 15) is 18.0 Å². The summed E-state index contributed by atoms with van der Waals surface area (Å²) < 4.78 is 42.0. The molecule has 1 N–H and O–H groups in total. The molecule has 7 heteroatoms. The van der Waals surface area contributed by atoms with Gasteiger partial charge in [-0.1, -0.05) is 0 Å². The lowest BCUT2D eigenvalue weighted by atomic mass is 10.1. The molecule has 0 saturated heterocycles. The summed E-state index contributed by atoms with van der Waals surface area (Å²) in [6.07, 6.45) is -0.860. The molecule has 0 spiro atoms. The number of hydrogen-bond acceptors (Lipinski definition) is 2. The summed E-state index contributed by atoms with van der Waals surface area (Å²) in [5, 5.41) is 2.37. The first-order chi connectivity index (χ1) is 12.8. The van der Waals surface area contributed by atoms with Crippen molar-refractivity contribution in [3.05, 3.63) is 78.1 Å². The van der Waals surface area contributed by atoms with E-state index in [0.717, 1.165) is 11.8 Å². The van der Waals surface area contributed by atoms with Crippen LogP contribution in [0, 0.1) is 0 Å². The number of anilines is 2. The van der Waals surface area contributed by atoms with Crippen molar-refractivity contribution in [2.75, 3.05) is 24.3 Å².